The number of nitrogens with zero attached hydrogens (tertiary/aromatic N) is 2. The van der Waals surface area contributed by atoms with Crippen molar-refractivity contribution in [1.82, 2.24) is 15.2 Å². The van der Waals surface area contributed by atoms with Gasteiger partial charge in [0.2, 0.25) is 0 Å². The molecule has 112 valence electrons. The Labute approximate surface area is 128 Å². The molecule has 0 fully saturated rings. The number of benzene rings is 1. The maximum absolute atomic E-state index is 4.37. The zero-order valence-corrected chi connectivity index (χ0v) is 13.0. The summed E-state index contributed by atoms with van der Waals surface area (Å²) in [5.41, 5.74) is 3.80. The number of pyridine rings is 1. The molecule has 2 rings (SSSR count). The van der Waals surface area contributed by atoms with Crippen molar-refractivity contribution in [2.24, 2.45) is 0 Å². The molecular weight excluding hydrogens is 258 g/mol. The van der Waals surface area contributed by atoms with Crippen LogP contribution < -0.4 is 5.32 Å². The van der Waals surface area contributed by atoms with E-state index in [4.69, 9.17) is 0 Å². The fraction of sp³-hybridized carbons (Fsp3) is 0.389. The monoisotopic (exact) mass is 283 g/mol. The minimum absolute atomic E-state index is 0.876. The first-order chi connectivity index (χ1) is 10.3. The Morgan fingerprint density at radius 1 is 1.00 bits per heavy atom. The van der Waals surface area contributed by atoms with E-state index in [-0.39, 0.29) is 0 Å². The van der Waals surface area contributed by atoms with Gasteiger partial charge in [-0.1, -0.05) is 37.3 Å². The Hall–Kier alpha value is -1.71. The van der Waals surface area contributed by atoms with Crippen LogP contribution in [-0.4, -0.2) is 23.5 Å². The molecule has 1 heterocycles. The Kier molecular flexibility index (Phi) is 6.38. The highest BCUT2D eigenvalue weighted by Crippen LogP contribution is 2.08. The van der Waals surface area contributed by atoms with Gasteiger partial charge >= 0.3 is 0 Å². The van der Waals surface area contributed by atoms with Crippen LogP contribution >= 0.6 is 0 Å². The van der Waals surface area contributed by atoms with Crippen molar-refractivity contribution < 1.29 is 0 Å². The van der Waals surface area contributed by atoms with Crippen molar-refractivity contribution in [2.45, 2.75) is 33.0 Å². The fourth-order valence-electron chi connectivity index (χ4n) is 2.31. The minimum atomic E-state index is 0.876. The summed E-state index contributed by atoms with van der Waals surface area (Å²) in [6.07, 6.45) is 3.03. The van der Waals surface area contributed by atoms with Gasteiger partial charge in [0, 0.05) is 25.8 Å². The van der Waals surface area contributed by atoms with E-state index in [9.17, 15) is 0 Å². The maximum Gasteiger partial charge on any atom is 0.0543 e. The quantitative estimate of drug-likeness (QED) is 0.754. The van der Waals surface area contributed by atoms with E-state index in [0.717, 1.165) is 31.9 Å². The number of hydrogen-bond acceptors (Lipinski definition) is 3. The zero-order chi connectivity index (χ0) is 14.9. The number of hydrogen-bond donors (Lipinski definition) is 1. The Bertz CT molecular complexity index is 508. The summed E-state index contributed by atoms with van der Waals surface area (Å²) >= 11 is 0. The third-order valence-electron chi connectivity index (χ3n) is 3.39. The second-order valence-electron chi connectivity index (χ2n) is 5.49. The van der Waals surface area contributed by atoms with Crippen LogP contribution in [0.15, 0.2) is 48.7 Å². The normalized spacial score (nSPS) is 11.0. The summed E-state index contributed by atoms with van der Waals surface area (Å²) in [6, 6.07) is 14.9. The topological polar surface area (TPSA) is 28.2 Å². The van der Waals surface area contributed by atoms with E-state index in [0.29, 0.717) is 0 Å². The average molecular weight is 283 g/mol. The number of nitrogens with one attached hydrogen (secondary N) is 1. The highest BCUT2D eigenvalue weighted by molar-refractivity contribution is 5.22. The van der Waals surface area contributed by atoms with E-state index in [1.807, 2.05) is 18.3 Å². The van der Waals surface area contributed by atoms with Crippen LogP contribution in [0.1, 0.15) is 30.2 Å². The van der Waals surface area contributed by atoms with Crippen LogP contribution in [-0.2, 0) is 19.6 Å². The molecule has 0 unspecified atom stereocenters. The fourth-order valence-corrected chi connectivity index (χ4v) is 2.31. The minimum Gasteiger partial charge on any atom is -0.313 e. The lowest BCUT2D eigenvalue weighted by Crippen LogP contribution is -2.18. The first kappa shape index (κ1) is 15.7. The molecule has 0 saturated heterocycles. The molecule has 21 heavy (non-hydrogen) atoms. The summed E-state index contributed by atoms with van der Waals surface area (Å²) in [5.74, 6) is 0. The van der Waals surface area contributed by atoms with Crippen LogP contribution in [0.25, 0.3) is 0 Å². The lowest BCUT2D eigenvalue weighted by atomic mass is 10.1. The third kappa shape index (κ3) is 5.66. The molecule has 3 nitrogen and oxygen atoms in total. The van der Waals surface area contributed by atoms with Crippen molar-refractivity contribution in [2.75, 3.05) is 13.6 Å². The van der Waals surface area contributed by atoms with E-state index in [1.165, 1.54) is 17.5 Å². The van der Waals surface area contributed by atoms with Gasteiger partial charge in [0.15, 0.2) is 0 Å². The smallest absolute Gasteiger partial charge is 0.0543 e. The van der Waals surface area contributed by atoms with E-state index in [2.05, 4.69) is 59.5 Å². The van der Waals surface area contributed by atoms with E-state index < -0.39 is 0 Å². The number of aromatic nitrogens is 1. The molecule has 0 aliphatic rings. The van der Waals surface area contributed by atoms with Gasteiger partial charge in [0.05, 0.1) is 5.69 Å². The van der Waals surface area contributed by atoms with Crippen molar-refractivity contribution in [3.63, 3.8) is 0 Å². The van der Waals surface area contributed by atoms with Gasteiger partial charge in [0.25, 0.3) is 0 Å². The van der Waals surface area contributed by atoms with Gasteiger partial charge in [-0.3, -0.25) is 9.88 Å². The van der Waals surface area contributed by atoms with Crippen LogP contribution in [0, 0.1) is 0 Å². The molecule has 0 bridgehead atoms. The molecule has 2 aromatic rings. The highest BCUT2D eigenvalue weighted by atomic mass is 15.1. The predicted octanol–water partition coefficient (Wildman–Crippen LogP) is 3.21. The molecule has 0 aliphatic carbocycles. The van der Waals surface area contributed by atoms with Crippen LogP contribution in [0.2, 0.25) is 0 Å². The summed E-state index contributed by atoms with van der Waals surface area (Å²) in [6.45, 7) is 6.04. The molecule has 1 aromatic carbocycles. The van der Waals surface area contributed by atoms with Crippen molar-refractivity contribution >= 4 is 0 Å². The van der Waals surface area contributed by atoms with Crippen molar-refractivity contribution in [3.8, 4) is 0 Å². The predicted molar refractivity (Wildman–Crippen MR) is 87.8 cm³/mol. The Morgan fingerprint density at radius 2 is 1.76 bits per heavy atom. The van der Waals surface area contributed by atoms with E-state index >= 15 is 0 Å². The van der Waals surface area contributed by atoms with Gasteiger partial charge in [0.1, 0.15) is 0 Å². The maximum atomic E-state index is 4.37. The molecule has 0 spiro atoms. The first-order valence-electron chi connectivity index (χ1n) is 7.65. The Balaban J connectivity index is 1.82. The molecule has 1 N–H and O–H groups in total. The second-order valence-corrected chi connectivity index (χ2v) is 5.49. The van der Waals surface area contributed by atoms with Gasteiger partial charge < -0.3 is 5.32 Å². The summed E-state index contributed by atoms with van der Waals surface area (Å²) in [5, 5.41) is 3.43. The van der Waals surface area contributed by atoms with Gasteiger partial charge in [-0.05, 0) is 43.3 Å². The standard InChI is InChI=1S/C18H25N3/c1-3-11-19-13-16-7-9-17(10-8-16)14-21(2)15-18-6-4-5-12-20-18/h4-10,12,19H,3,11,13-15H2,1-2H3. The highest BCUT2D eigenvalue weighted by Gasteiger charge is 2.02. The Morgan fingerprint density at radius 3 is 2.43 bits per heavy atom. The molecular formula is C18H25N3. The van der Waals surface area contributed by atoms with Gasteiger partial charge in [-0.15, -0.1) is 0 Å². The molecule has 0 atom stereocenters. The summed E-state index contributed by atoms with van der Waals surface area (Å²) in [4.78, 5) is 6.65. The van der Waals surface area contributed by atoms with Crippen molar-refractivity contribution in [1.29, 1.82) is 0 Å². The largest absolute Gasteiger partial charge is 0.313 e. The molecule has 0 amide bonds. The lowest BCUT2D eigenvalue weighted by molar-refractivity contribution is 0.315. The third-order valence-corrected chi connectivity index (χ3v) is 3.39. The molecule has 3 heteroatoms. The average Bonchev–Trinajstić information content (AvgIpc) is 2.50. The lowest BCUT2D eigenvalue weighted by Gasteiger charge is -2.16. The SMILES string of the molecule is CCCNCc1ccc(CN(C)Cc2ccccn2)cc1. The van der Waals surface area contributed by atoms with Gasteiger partial charge in [-0.2, -0.15) is 0 Å². The molecule has 0 aliphatic heterocycles. The van der Waals surface area contributed by atoms with Crippen molar-refractivity contribution in [3.05, 3.63) is 65.5 Å². The van der Waals surface area contributed by atoms with Crippen LogP contribution in [0.3, 0.4) is 0 Å². The summed E-state index contributed by atoms with van der Waals surface area (Å²) < 4.78 is 0. The van der Waals surface area contributed by atoms with E-state index in [1.54, 1.807) is 0 Å². The molecule has 0 saturated carbocycles. The zero-order valence-electron chi connectivity index (χ0n) is 13.0. The van der Waals surface area contributed by atoms with Crippen LogP contribution in [0.4, 0.5) is 0 Å². The number of rotatable bonds is 8. The second kappa shape index (κ2) is 8.55. The summed E-state index contributed by atoms with van der Waals surface area (Å²) in [7, 11) is 2.13. The van der Waals surface area contributed by atoms with Gasteiger partial charge in [-0.25, -0.2) is 0 Å². The molecule has 1 aromatic heterocycles. The van der Waals surface area contributed by atoms with Crippen LogP contribution in [0.5, 0.6) is 0 Å². The first-order valence-corrected chi connectivity index (χ1v) is 7.65. The molecule has 0 radical (unpaired) electrons.